The first-order valence-electron chi connectivity index (χ1n) is 8.78. The maximum atomic E-state index is 12.9. The molecule has 0 saturated heterocycles. The van der Waals surface area contributed by atoms with Crippen LogP contribution in [0.3, 0.4) is 0 Å². The number of benzene rings is 2. The summed E-state index contributed by atoms with van der Waals surface area (Å²) in [5.74, 6) is 0.508. The van der Waals surface area contributed by atoms with Crippen LogP contribution in [0, 0.1) is 6.92 Å². The summed E-state index contributed by atoms with van der Waals surface area (Å²) < 4.78 is 1.61. The Hall–Kier alpha value is -2.73. The van der Waals surface area contributed by atoms with Gasteiger partial charge >= 0.3 is 0 Å². The minimum Gasteiger partial charge on any atom is -0.347 e. The Morgan fingerprint density at radius 1 is 1.15 bits per heavy atom. The molecule has 0 fully saturated rings. The quantitative estimate of drug-likeness (QED) is 0.716. The molecule has 0 bridgehead atoms. The normalized spacial score (nSPS) is 11.4. The Kier molecular flexibility index (Phi) is 5.28. The number of halogens is 1. The maximum Gasteiger partial charge on any atom is 0.251 e. The Bertz CT molecular complexity index is 963. The molecule has 1 heterocycles. The highest BCUT2D eigenvalue weighted by molar-refractivity contribution is 6.30. The smallest absolute Gasteiger partial charge is 0.251 e. The second kappa shape index (κ2) is 7.48. The highest BCUT2D eigenvalue weighted by Crippen LogP contribution is 2.26. The van der Waals surface area contributed by atoms with Crippen LogP contribution >= 0.6 is 11.6 Å². The van der Waals surface area contributed by atoms with Crippen LogP contribution in [0.1, 0.15) is 43.4 Å². The van der Waals surface area contributed by atoms with Gasteiger partial charge in [0.05, 0.1) is 5.69 Å². The van der Waals surface area contributed by atoms with E-state index in [1.807, 2.05) is 64.1 Å². The second-order valence-corrected chi connectivity index (χ2v) is 7.54. The van der Waals surface area contributed by atoms with Gasteiger partial charge in [-0.3, -0.25) is 4.79 Å². The Morgan fingerprint density at radius 2 is 1.85 bits per heavy atom. The van der Waals surface area contributed by atoms with Crippen molar-refractivity contribution >= 4 is 17.5 Å². The molecule has 0 atom stereocenters. The highest BCUT2D eigenvalue weighted by Gasteiger charge is 2.20. The van der Waals surface area contributed by atoms with E-state index in [1.54, 1.807) is 10.7 Å². The topological polar surface area (TPSA) is 72.7 Å². The molecule has 140 valence electrons. The number of tetrazole rings is 1. The van der Waals surface area contributed by atoms with Crippen molar-refractivity contribution in [2.45, 2.75) is 39.7 Å². The molecule has 0 radical (unpaired) electrons. The Balaban J connectivity index is 2.10. The Labute approximate surface area is 163 Å². The minimum absolute atomic E-state index is 0.135. The summed E-state index contributed by atoms with van der Waals surface area (Å²) >= 11 is 6.01. The zero-order valence-electron chi connectivity index (χ0n) is 15.8. The van der Waals surface area contributed by atoms with Gasteiger partial charge < -0.3 is 5.32 Å². The second-order valence-electron chi connectivity index (χ2n) is 7.10. The summed E-state index contributed by atoms with van der Waals surface area (Å²) in [6.45, 7) is 7.86. The van der Waals surface area contributed by atoms with Crippen LogP contribution in [0.4, 0.5) is 0 Å². The van der Waals surface area contributed by atoms with E-state index in [4.69, 9.17) is 11.6 Å². The van der Waals surface area contributed by atoms with Gasteiger partial charge in [0.15, 0.2) is 5.82 Å². The van der Waals surface area contributed by atoms with Gasteiger partial charge in [0.2, 0.25) is 0 Å². The summed E-state index contributed by atoms with van der Waals surface area (Å²) in [6.07, 6.45) is 0.828. The molecule has 0 spiro atoms. The number of nitrogens with zero attached hydrogens (tertiary/aromatic N) is 4. The molecule has 6 nitrogen and oxygen atoms in total. The molecule has 0 aliphatic carbocycles. The van der Waals surface area contributed by atoms with E-state index in [9.17, 15) is 4.79 Å². The van der Waals surface area contributed by atoms with Crippen molar-refractivity contribution in [1.29, 1.82) is 0 Å². The van der Waals surface area contributed by atoms with Crippen LogP contribution in [-0.4, -0.2) is 31.7 Å². The Morgan fingerprint density at radius 3 is 2.44 bits per heavy atom. The van der Waals surface area contributed by atoms with Crippen LogP contribution in [0.15, 0.2) is 42.5 Å². The first-order valence-corrected chi connectivity index (χ1v) is 9.16. The number of carbonyl (C=O) groups is 1. The summed E-state index contributed by atoms with van der Waals surface area (Å²) in [4.78, 5) is 12.9. The first-order chi connectivity index (χ1) is 12.8. The largest absolute Gasteiger partial charge is 0.347 e. The molecule has 1 aromatic heterocycles. The molecule has 27 heavy (non-hydrogen) atoms. The first kappa shape index (κ1) is 19.0. The predicted molar refractivity (Wildman–Crippen MR) is 106 cm³/mol. The number of amides is 1. The molecule has 1 amide bonds. The summed E-state index contributed by atoms with van der Waals surface area (Å²) in [6, 6.07) is 13.1. The zero-order chi connectivity index (χ0) is 19.6. The van der Waals surface area contributed by atoms with Gasteiger partial charge in [-0.05, 0) is 79.1 Å². The van der Waals surface area contributed by atoms with Crippen LogP contribution in [0.25, 0.3) is 16.8 Å². The van der Waals surface area contributed by atoms with E-state index >= 15 is 0 Å². The van der Waals surface area contributed by atoms with Gasteiger partial charge in [0.1, 0.15) is 0 Å². The van der Waals surface area contributed by atoms with E-state index < -0.39 is 0 Å². The van der Waals surface area contributed by atoms with Crippen molar-refractivity contribution in [2.75, 3.05) is 0 Å². The molecule has 3 rings (SSSR count). The molecule has 1 N–H and O–H groups in total. The van der Waals surface area contributed by atoms with Crippen molar-refractivity contribution < 1.29 is 4.79 Å². The molecule has 0 aliphatic heterocycles. The van der Waals surface area contributed by atoms with Crippen LogP contribution in [0.5, 0.6) is 0 Å². The van der Waals surface area contributed by atoms with Crippen molar-refractivity contribution in [3.63, 3.8) is 0 Å². The number of aromatic nitrogens is 4. The molecule has 2 aromatic carbocycles. The minimum atomic E-state index is -0.293. The van der Waals surface area contributed by atoms with Crippen molar-refractivity contribution in [3.8, 4) is 16.8 Å². The van der Waals surface area contributed by atoms with E-state index in [-0.39, 0.29) is 11.4 Å². The number of hydrogen-bond donors (Lipinski definition) is 1. The van der Waals surface area contributed by atoms with Gasteiger partial charge in [-0.1, -0.05) is 30.7 Å². The molecule has 7 heteroatoms. The lowest BCUT2D eigenvalue weighted by Crippen LogP contribution is -2.42. The van der Waals surface area contributed by atoms with Gasteiger partial charge in [-0.15, -0.1) is 5.10 Å². The number of carbonyl (C=O) groups excluding carboxylic acids is 1. The van der Waals surface area contributed by atoms with E-state index in [1.165, 1.54) is 0 Å². The summed E-state index contributed by atoms with van der Waals surface area (Å²) in [7, 11) is 0. The molecule has 3 aromatic rings. The van der Waals surface area contributed by atoms with Gasteiger partial charge in [0, 0.05) is 16.1 Å². The average molecular weight is 384 g/mol. The fraction of sp³-hybridized carbons (Fsp3) is 0.300. The number of aryl methyl sites for hydroxylation is 1. The molecule has 0 unspecified atom stereocenters. The van der Waals surface area contributed by atoms with Gasteiger partial charge in [0.25, 0.3) is 5.91 Å². The van der Waals surface area contributed by atoms with E-state index in [0.29, 0.717) is 16.4 Å². The van der Waals surface area contributed by atoms with Crippen LogP contribution < -0.4 is 5.32 Å². The molecular formula is C20H22ClN5O. The standard InChI is InChI=1S/C20H22ClN5O/c1-5-20(3,4)22-19(27)16-10-15(14-6-8-17(21)9-7-14)11-18(12-16)26-13(2)23-24-25-26/h6-12H,5H2,1-4H3,(H,22,27). The lowest BCUT2D eigenvalue weighted by atomic mass is 9.99. The van der Waals surface area contributed by atoms with Crippen LogP contribution in [-0.2, 0) is 0 Å². The highest BCUT2D eigenvalue weighted by atomic mass is 35.5. The van der Waals surface area contributed by atoms with E-state index in [2.05, 4.69) is 20.8 Å². The fourth-order valence-electron chi connectivity index (χ4n) is 2.61. The van der Waals surface area contributed by atoms with Crippen molar-refractivity contribution in [1.82, 2.24) is 25.5 Å². The zero-order valence-corrected chi connectivity index (χ0v) is 16.6. The summed E-state index contributed by atoms with van der Waals surface area (Å²) in [5, 5.41) is 15.4. The maximum absolute atomic E-state index is 12.9. The predicted octanol–water partition coefficient (Wildman–Crippen LogP) is 4.21. The molecule has 0 aliphatic rings. The third-order valence-electron chi connectivity index (χ3n) is 4.56. The number of rotatable bonds is 5. The van der Waals surface area contributed by atoms with Gasteiger partial charge in [-0.2, -0.15) is 4.68 Å². The monoisotopic (exact) mass is 383 g/mol. The lowest BCUT2D eigenvalue weighted by Gasteiger charge is -2.24. The van der Waals surface area contributed by atoms with Crippen LogP contribution in [0.2, 0.25) is 5.02 Å². The molecular weight excluding hydrogens is 362 g/mol. The fourth-order valence-corrected chi connectivity index (χ4v) is 2.74. The van der Waals surface area contributed by atoms with Crippen molar-refractivity contribution in [3.05, 3.63) is 58.9 Å². The SMILES string of the molecule is CCC(C)(C)NC(=O)c1cc(-c2ccc(Cl)cc2)cc(-n2nnnc2C)c1. The van der Waals surface area contributed by atoms with Crippen molar-refractivity contribution in [2.24, 2.45) is 0 Å². The molecule has 0 saturated carbocycles. The van der Waals surface area contributed by atoms with E-state index in [0.717, 1.165) is 23.2 Å². The third-order valence-corrected chi connectivity index (χ3v) is 4.82. The summed E-state index contributed by atoms with van der Waals surface area (Å²) in [5.41, 5.74) is 2.82. The number of hydrogen-bond acceptors (Lipinski definition) is 4. The number of nitrogens with one attached hydrogen (secondary N) is 1. The average Bonchev–Trinajstić information content (AvgIpc) is 3.07. The third kappa shape index (κ3) is 4.34. The lowest BCUT2D eigenvalue weighted by molar-refractivity contribution is 0.0911. The van der Waals surface area contributed by atoms with Gasteiger partial charge in [-0.25, -0.2) is 0 Å².